The maximum Gasteiger partial charge on any atom is 0.325 e. The van der Waals surface area contributed by atoms with Gasteiger partial charge in [0, 0.05) is 17.3 Å². The predicted molar refractivity (Wildman–Crippen MR) is 75.4 cm³/mol. The number of H-pyrrole nitrogens is 2. The van der Waals surface area contributed by atoms with Crippen LogP contribution in [0.4, 0.5) is 4.39 Å². The highest BCUT2D eigenvalue weighted by atomic mass is 19.1. The van der Waals surface area contributed by atoms with Crippen molar-refractivity contribution < 1.29 is 8.81 Å². The van der Waals surface area contributed by atoms with Crippen LogP contribution in [0.15, 0.2) is 46.2 Å². The minimum absolute atomic E-state index is 0.232. The van der Waals surface area contributed by atoms with E-state index < -0.39 is 11.5 Å². The van der Waals surface area contributed by atoms with E-state index in [0.29, 0.717) is 28.0 Å². The molecule has 4 heterocycles. The van der Waals surface area contributed by atoms with E-state index in [0.717, 1.165) is 6.20 Å². The van der Waals surface area contributed by atoms with E-state index in [9.17, 15) is 9.18 Å². The van der Waals surface area contributed by atoms with Gasteiger partial charge in [-0.1, -0.05) is 0 Å². The number of hydrogen-bond acceptors (Lipinski definition) is 5. The summed E-state index contributed by atoms with van der Waals surface area (Å²) in [5.74, 6) is -0.274. The zero-order chi connectivity index (χ0) is 15.1. The van der Waals surface area contributed by atoms with E-state index in [1.165, 1.54) is 24.7 Å². The average Bonchev–Trinajstić information content (AvgIpc) is 3.14. The quantitative estimate of drug-likeness (QED) is 0.590. The third kappa shape index (κ3) is 1.89. The average molecular weight is 297 g/mol. The molecule has 0 aliphatic carbocycles. The molecule has 0 spiro atoms. The third-order valence-electron chi connectivity index (χ3n) is 3.20. The minimum Gasteiger partial charge on any atom is -0.443 e. The molecule has 0 saturated carbocycles. The van der Waals surface area contributed by atoms with Crippen molar-refractivity contribution >= 4 is 11.2 Å². The molecular formula is C14H8FN5O2. The molecule has 0 aliphatic rings. The fraction of sp³-hybridized carbons (Fsp3) is 0. The van der Waals surface area contributed by atoms with Crippen LogP contribution in [-0.4, -0.2) is 24.9 Å². The van der Waals surface area contributed by atoms with Crippen molar-refractivity contribution in [2.75, 3.05) is 0 Å². The van der Waals surface area contributed by atoms with Crippen molar-refractivity contribution in [1.82, 2.24) is 24.9 Å². The van der Waals surface area contributed by atoms with Crippen LogP contribution in [0.25, 0.3) is 33.9 Å². The number of nitrogens with zero attached hydrogens (tertiary/aromatic N) is 3. The van der Waals surface area contributed by atoms with Gasteiger partial charge < -0.3 is 9.40 Å². The lowest BCUT2D eigenvalue weighted by Crippen LogP contribution is -1.99. The van der Waals surface area contributed by atoms with E-state index >= 15 is 0 Å². The van der Waals surface area contributed by atoms with Gasteiger partial charge >= 0.3 is 5.69 Å². The number of fused-ring (bicyclic) bond motifs is 1. The molecule has 2 N–H and O–H groups in total. The molecule has 0 radical (unpaired) electrons. The van der Waals surface area contributed by atoms with Crippen molar-refractivity contribution in [2.24, 2.45) is 0 Å². The summed E-state index contributed by atoms with van der Waals surface area (Å²) < 4.78 is 19.3. The lowest BCUT2D eigenvalue weighted by atomic mass is 10.0. The van der Waals surface area contributed by atoms with Crippen molar-refractivity contribution in [2.45, 2.75) is 0 Å². The van der Waals surface area contributed by atoms with Crippen LogP contribution >= 0.6 is 0 Å². The van der Waals surface area contributed by atoms with Crippen molar-refractivity contribution in [1.29, 1.82) is 0 Å². The molecule has 0 unspecified atom stereocenters. The SMILES string of the molecule is O=c1[nH]c2cc(-c3ccncc3F)c(-c3ncco3)nc2[nH]1. The number of pyridine rings is 2. The van der Waals surface area contributed by atoms with Gasteiger partial charge in [0.15, 0.2) is 5.65 Å². The zero-order valence-corrected chi connectivity index (χ0v) is 11.0. The van der Waals surface area contributed by atoms with Gasteiger partial charge in [-0.25, -0.2) is 19.2 Å². The first-order valence-electron chi connectivity index (χ1n) is 6.35. The second kappa shape index (κ2) is 4.62. The number of hydrogen-bond donors (Lipinski definition) is 2. The molecule has 108 valence electrons. The Morgan fingerprint density at radius 3 is 2.86 bits per heavy atom. The second-order valence-electron chi connectivity index (χ2n) is 4.55. The van der Waals surface area contributed by atoms with Crippen LogP contribution in [-0.2, 0) is 0 Å². The molecule has 7 nitrogen and oxygen atoms in total. The number of oxazole rings is 1. The Bertz CT molecular complexity index is 1020. The van der Waals surface area contributed by atoms with Gasteiger partial charge in [-0.15, -0.1) is 0 Å². The Hall–Kier alpha value is -3.29. The number of aromatic amines is 2. The summed E-state index contributed by atoms with van der Waals surface area (Å²) in [5.41, 5.74) is 1.48. The molecule has 0 aliphatic heterocycles. The molecule has 0 bridgehead atoms. The highest BCUT2D eigenvalue weighted by Crippen LogP contribution is 2.32. The normalized spacial score (nSPS) is 11.1. The number of halogens is 1. The van der Waals surface area contributed by atoms with Crippen LogP contribution in [0, 0.1) is 5.82 Å². The molecule has 0 atom stereocenters. The lowest BCUT2D eigenvalue weighted by Gasteiger charge is -2.07. The summed E-state index contributed by atoms with van der Waals surface area (Å²) in [5, 5.41) is 0. The van der Waals surface area contributed by atoms with Crippen LogP contribution in [0.5, 0.6) is 0 Å². The smallest absolute Gasteiger partial charge is 0.325 e. The summed E-state index contributed by atoms with van der Waals surface area (Å²) in [6.45, 7) is 0. The first-order valence-corrected chi connectivity index (χ1v) is 6.35. The highest BCUT2D eigenvalue weighted by Gasteiger charge is 2.18. The summed E-state index contributed by atoms with van der Waals surface area (Å²) in [4.78, 5) is 28.7. The minimum atomic E-state index is -0.505. The van der Waals surface area contributed by atoms with Crippen molar-refractivity contribution in [3.8, 4) is 22.7 Å². The second-order valence-corrected chi connectivity index (χ2v) is 4.55. The van der Waals surface area contributed by atoms with Gasteiger partial charge in [-0.3, -0.25) is 9.97 Å². The predicted octanol–water partition coefficient (Wildman–Crippen LogP) is 2.11. The lowest BCUT2D eigenvalue weighted by molar-refractivity contribution is 0.572. The van der Waals surface area contributed by atoms with Crippen LogP contribution in [0.3, 0.4) is 0 Å². The standard InChI is InChI=1S/C14H8FN5O2/c15-9-6-16-2-1-7(9)8-5-10-12(20-14(21)18-10)19-11(8)13-17-3-4-22-13/h1-6H,(H2,18,19,20,21). The summed E-state index contributed by atoms with van der Waals surface area (Å²) in [6.07, 6.45) is 5.45. The molecule has 4 rings (SSSR count). The maximum atomic E-state index is 14.1. The van der Waals surface area contributed by atoms with E-state index in [1.54, 1.807) is 6.07 Å². The van der Waals surface area contributed by atoms with Gasteiger partial charge in [0.2, 0.25) is 5.89 Å². The number of imidazole rings is 1. The first kappa shape index (κ1) is 12.5. The maximum absolute atomic E-state index is 14.1. The molecule has 0 fully saturated rings. The molecule has 0 saturated heterocycles. The van der Waals surface area contributed by atoms with Crippen molar-refractivity contribution in [3.63, 3.8) is 0 Å². The topological polar surface area (TPSA) is 100 Å². The van der Waals surface area contributed by atoms with Crippen LogP contribution in [0.1, 0.15) is 0 Å². The summed E-state index contributed by atoms with van der Waals surface area (Å²) >= 11 is 0. The molecule has 22 heavy (non-hydrogen) atoms. The molecule has 8 heteroatoms. The monoisotopic (exact) mass is 297 g/mol. The Labute approximate surface area is 121 Å². The Morgan fingerprint density at radius 2 is 2.09 bits per heavy atom. The molecule has 0 amide bonds. The molecule has 4 aromatic rings. The Morgan fingerprint density at radius 1 is 1.18 bits per heavy atom. The fourth-order valence-electron chi connectivity index (χ4n) is 2.27. The zero-order valence-electron chi connectivity index (χ0n) is 11.0. The van der Waals surface area contributed by atoms with Gasteiger partial charge in [-0.05, 0) is 12.1 Å². The number of aromatic nitrogens is 5. The highest BCUT2D eigenvalue weighted by molar-refractivity contribution is 5.86. The van der Waals surface area contributed by atoms with Crippen molar-refractivity contribution in [3.05, 3.63) is 53.3 Å². The van der Waals surface area contributed by atoms with Gasteiger partial charge in [0.25, 0.3) is 0 Å². The summed E-state index contributed by atoms with van der Waals surface area (Å²) in [7, 11) is 0. The van der Waals surface area contributed by atoms with Crippen LogP contribution in [0.2, 0.25) is 0 Å². The first-order chi connectivity index (χ1) is 10.7. The third-order valence-corrected chi connectivity index (χ3v) is 3.20. The Kier molecular flexibility index (Phi) is 2.62. The summed E-state index contributed by atoms with van der Waals surface area (Å²) in [6, 6.07) is 3.15. The van der Waals surface area contributed by atoms with Gasteiger partial charge in [0.05, 0.1) is 17.9 Å². The molecule has 0 aromatic carbocycles. The molecule has 4 aromatic heterocycles. The number of rotatable bonds is 2. The largest absolute Gasteiger partial charge is 0.443 e. The van der Waals surface area contributed by atoms with E-state index in [2.05, 4.69) is 24.9 Å². The van der Waals surface area contributed by atoms with Crippen LogP contribution < -0.4 is 5.69 Å². The van der Waals surface area contributed by atoms with E-state index in [1.807, 2.05) is 0 Å². The van der Waals surface area contributed by atoms with E-state index in [4.69, 9.17) is 4.42 Å². The van der Waals surface area contributed by atoms with Gasteiger partial charge in [-0.2, -0.15) is 0 Å². The van der Waals surface area contributed by atoms with E-state index in [-0.39, 0.29) is 5.89 Å². The molecular weight excluding hydrogens is 289 g/mol. The number of nitrogens with one attached hydrogen (secondary N) is 2. The van der Waals surface area contributed by atoms with Gasteiger partial charge in [0.1, 0.15) is 17.8 Å². The Balaban J connectivity index is 2.09. The fourth-order valence-corrected chi connectivity index (χ4v) is 2.27.